The summed E-state index contributed by atoms with van der Waals surface area (Å²) in [7, 11) is 0. The molecule has 1 aliphatic rings. The largest absolute Gasteiger partial charge is 0.338 e. The summed E-state index contributed by atoms with van der Waals surface area (Å²) in [5.74, 6) is 0.571. The molecule has 4 heterocycles. The van der Waals surface area contributed by atoms with Crippen molar-refractivity contribution < 1.29 is 9.32 Å². The van der Waals surface area contributed by atoms with E-state index in [0.717, 1.165) is 18.5 Å². The zero-order valence-corrected chi connectivity index (χ0v) is 15.6. The molecule has 0 saturated carbocycles. The summed E-state index contributed by atoms with van der Waals surface area (Å²) in [6, 6.07) is 3.32. The van der Waals surface area contributed by atoms with Gasteiger partial charge in [0, 0.05) is 30.8 Å². The van der Waals surface area contributed by atoms with Gasteiger partial charge in [-0.15, -0.1) is 0 Å². The Bertz CT molecular complexity index is 1080. The predicted octanol–water partition coefficient (Wildman–Crippen LogP) is 2.25. The minimum atomic E-state index is -0.160. The Hall–Kier alpha value is -3.03. The van der Waals surface area contributed by atoms with Gasteiger partial charge < -0.3 is 14.4 Å². The van der Waals surface area contributed by atoms with Crippen molar-refractivity contribution in [3.8, 4) is 0 Å². The SMILES string of the molecule is Cc1cc(C(=O)N2CCC[C@@H](c3cc(=O)[nH]c(C)n3)C2)c2c(C)noc2n1. The van der Waals surface area contributed by atoms with Gasteiger partial charge in [-0.1, -0.05) is 5.16 Å². The molecule has 4 rings (SSSR count). The molecule has 0 spiro atoms. The van der Waals surface area contributed by atoms with Crippen LogP contribution in [0.3, 0.4) is 0 Å². The molecule has 1 amide bonds. The summed E-state index contributed by atoms with van der Waals surface area (Å²) in [6.45, 7) is 6.60. The summed E-state index contributed by atoms with van der Waals surface area (Å²) in [5, 5.41) is 4.62. The maximum Gasteiger partial charge on any atom is 0.258 e. The number of H-pyrrole nitrogens is 1. The van der Waals surface area contributed by atoms with Crippen LogP contribution in [0.15, 0.2) is 21.5 Å². The molecule has 3 aromatic rings. The van der Waals surface area contributed by atoms with Crippen LogP contribution in [-0.2, 0) is 0 Å². The number of piperidine rings is 1. The van der Waals surface area contributed by atoms with Gasteiger partial charge in [0.15, 0.2) is 0 Å². The average molecular weight is 367 g/mol. The number of carbonyl (C=O) groups excluding carboxylic acids is 1. The Kier molecular flexibility index (Phi) is 4.25. The Morgan fingerprint density at radius 2 is 2.07 bits per heavy atom. The van der Waals surface area contributed by atoms with Gasteiger partial charge in [-0.2, -0.15) is 0 Å². The number of aromatic nitrogens is 4. The van der Waals surface area contributed by atoms with Crippen LogP contribution in [0.1, 0.15) is 52.0 Å². The molecular weight excluding hydrogens is 346 g/mol. The molecule has 0 bridgehead atoms. The number of fused-ring (bicyclic) bond motifs is 1. The van der Waals surface area contributed by atoms with Crippen molar-refractivity contribution in [2.24, 2.45) is 0 Å². The lowest BCUT2D eigenvalue weighted by atomic mass is 9.93. The van der Waals surface area contributed by atoms with E-state index in [1.54, 1.807) is 13.0 Å². The van der Waals surface area contributed by atoms with Crippen molar-refractivity contribution in [3.63, 3.8) is 0 Å². The number of amides is 1. The van der Waals surface area contributed by atoms with Crippen molar-refractivity contribution in [2.45, 2.75) is 39.5 Å². The molecule has 27 heavy (non-hydrogen) atoms. The number of nitrogens with one attached hydrogen (secondary N) is 1. The van der Waals surface area contributed by atoms with Crippen LogP contribution in [0.4, 0.5) is 0 Å². The van der Waals surface area contributed by atoms with Crippen LogP contribution in [0.5, 0.6) is 0 Å². The summed E-state index contributed by atoms with van der Waals surface area (Å²) in [6.07, 6.45) is 1.76. The zero-order chi connectivity index (χ0) is 19.1. The monoisotopic (exact) mass is 367 g/mol. The van der Waals surface area contributed by atoms with E-state index in [2.05, 4.69) is 20.1 Å². The molecule has 3 aromatic heterocycles. The first-order valence-corrected chi connectivity index (χ1v) is 9.03. The minimum Gasteiger partial charge on any atom is -0.338 e. The van der Waals surface area contributed by atoms with E-state index < -0.39 is 0 Å². The Morgan fingerprint density at radius 1 is 1.26 bits per heavy atom. The number of hydrogen-bond donors (Lipinski definition) is 1. The van der Waals surface area contributed by atoms with E-state index in [0.29, 0.717) is 47.0 Å². The first-order valence-electron chi connectivity index (χ1n) is 9.03. The molecule has 8 nitrogen and oxygen atoms in total. The number of carbonyl (C=O) groups is 1. The molecule has 1 fully saturated rings. The van der Waals surface area contributed by atoms with Crippen LogP contribution in [0.25, 0.3) is 11.1 Å². The van der Waals surface area contributed by atoms with Gasteiger partial charge in [0.05, 0.1) is 22.3 Å². The highest BCUT2D eigenvalue weighted by molar-refractivity contribution is 6.06. The van der Waals surface area contributed by atoms with Gasteiger partial charge in [-0.3, -0.25) is 9.59 Å². The van der Waals surface area contributed by atoms with Crippen molar-refractivity contribution in [3.05, 3.63) is 51.0 Å². The van der Waals surface area contributed by atoms with Crippen LogP contribution >= 0.6 is 0 Å². The molecule has 0 unspecified atom stereocenters. The highest BCUT2D eigenvalue weighted by Crippen LogP contribution is 2.28. The fourth-order valence-electron chi connectivity index (χ4n) is 3.77. The van der Waals surface area contributed by atoms with Crippen LogP contribution < -0.4 is 5.56 Å². The maximum absolute atomic E-state index is 13.3. The lowest BCUT2D eigenvalue weighted by Gasteiger charge is -2.32. The van der Waals surface area contributed by atoms with Gasteiger partial charge in [0.2, 0.25) is 0 Å². The lowest BCUT2D eigenvalue weighted by Crippen LogP contribution is -2.39. The number of rotatable bonds is 2. The summed E-state index contributed by atoms with van der Waals surface area (Å²) >= 11 is 0. The highest BCUT2D eigenvalue weighted by atomic mass is 16.5. The van der Waals surface area contributed by atoms with Crippen LogP contribution in [-0.4, -0.2) is 44.0 Å². The van der Waals surface area contributed by atoms with Crippen molar-refractivity contribution in [2.75, 3.05) is 13.1 Å². The standard InChI is InChI=1S/C19H21N5O3/c1-10-7-14(17-11(2)23-27-18(17)20-10)19(26)24-6-4-5-13(9-24)15-8-16(25)22-12(3)21-15/h7-8,13H,4-6,9H2,1-3H3,(H,21,22,25)/t13-/m1/s1. The molecule has 8 heteroatoms. The molecule has 1 aliphatic heterocycles. The smallest absolute Gasteiger partial charge is 0.258 e. The molecule has 1 atom stereocenters. The number of nitrogens with zero attached hydrogens (tertiary/aromatic N) is 4. The quantitative estimate of drug-likeness (QED) is 0.745. The number of hydrogen-bond acceptors (Lipinski definition) is 6. The number of likely N-dealkylation sites (tertiary alicyclic amines) is 1. The lowest BCUT2D eigenvalue weighted by molar-refractivity contribution is 0.0707. The van der Waals surface area contributed by atoms with Gasteiger partial charge in [-0.25, -0.2) is 9.97 Å². The van der Waals surface area contributed by atoms with E-state index in [4.69, 9.17) is 4.52 Å². The second-order valence-electron chi connectivity index (χ2n) is 7.11. The van der Waals surface area contributed by atoms with Gasteiger partial charge >= 0.3 is 0 Å². The van der Waals surface area contributed by atoms with Gasteiger partial charge in [0.1, 0.15) is 5.82 Å². The van der Waals surface area contributed by atoms with Crippen LogP contribution in [0, 0.1) is 20.8 Å². The summed E-state index contributed by atoms with van der Waals surface area (Å²) in [4.78, 5) is 38.3. The van der Waals surface area contributed by atoms with Crippen LogP contribution in [0.2, 0.25) is 0 Å². The number of aromatic amines is 1. The molecule has 0 radical (unpaired) electrons. The molecule has 0 aromatic carbocycles. The molecular formula is C19H21N5O3. The van der Waals surface area contributed by atoms with Crippen molar-refractivity contribution in [1.82, 2.24) is 25.0 Å². The van der Waals surface area contributed by atoms with Crippen molar-refractivity contribution in [1.29, 1.82) is 0 Å². The molecule has 140 valence electrons. The second-order valence-corrected chi connectivity index (χ2v) is 7.11. The summed E-state index contributed by atoms with van der Waals surface area (Å²) in [5.41, 5.74) is 2.89. The third-order valence-corrected chi connectivity index (χ3v) is 4.98. The second kappa shape index (κ2) is 6.61. The van der Waals surface area contributed by atoms with E-state index in [9.17, 15) is 9.59 Å². The van der Waals surface area contributed by atoms with Crippen molar-refractivity contribution >= 4 is 17.0 Å². The van der Waals surface area contributed by atoms with Gasteiger partial charge in [-0.05, 0) is 39.7 Å². The topological polar surface area (TPSA) is 105 Å². The third-order valence-electron chi connectivity index (χ3n) is 4.98. The fraction of sp³-hybridized carbons (Fsp3) is 0.421. The molecule has 0 aliphatic carbocycles. The third kappa shape index (κ3) is 3.22. The highest BCUT2D eigenvalue weighted by Gasteiger charge is 2.29. The minimum absolute atomic E-state index is 0.0469. The number of aryl methyl sites for hydroxylation is 3. The fourth-order valence-corrected chi connectivity index (χ4v) is 3.77. The average Bonchev–Trinajstić information content (AvgIpc) is 3.00. The summed E-state index contributed by atoms with van der Waals surface area (Å²) < 4.78 is 5.24. The first-order chi connectivity index (χ1) is 12.9. The maximum atomic E-state index is 13.3. The van der Waals surface area contributed by atoms with E-state index in [1.807, 2.05) is 18.7 Å². The molecule has 1 N–H and O–H groups in total. The predicted molar refractivity (Wildman–Crippen MR) is 98.8 cm³/mol. The van der Waals surface area contributed by atoms with E-state index >= 15 is 0 Å². The van der Waals surface area contributed by atoms with E-state index in [-0.39, 0.29) is 17.4 Å². The molecule has 1 saturated heterocycles. The Balaban J connectivity index is 1.66. The Labute approximate surface area is 155 Å². The first kappa shape index (κ1) is 17.4. The normalized spacial score (nSPS) is 17.4. The zero-order valence-electron chi connectivity index (χ0n) is 15.6. The Morgan fingerprint density at radius 3 is 2.85 bits per heavy atom. The van der Waals surface area contributed by atoms with E-state index in [1.165, 1.54) is 6.07 Å². The number of pyridine rings is 1. The van der Waals surface area contributed by atoms with Gasteiger partial charge in [0.25, 0.3) is 17.2 Å².